The second-order valence-electron chi connectivity index (χ2n) is 6.01. The number of carbonyl (C=O) groups excluding carboxylic acids is 1. The largest absolute Gasteiger partial charge is 0.466 e. The lowest BCUT2D eigenvalue weighted by molar-refractivity contribution is -0.136. The molecule has 0 aliphatic carbocycles. The molecule has 1 aromatic heterocycles. The van der Waals surface area contributed by atoms with E-state index in [1.54, 1.807) is 6.92 Å². The molecule has 1 unspecified atom stereocenters. The first-order valence-electron chi connectivity index (χ1n) is 8.15. The number of pyridine rings is 1. The molecular weight excluding hydrogens is 439 g/mol. The monoisotopic (exact) mass is 453 g/mol. The van der Waals surface area contributed by atoms with E-state index in [-0.39, 0.29) is 22.4 Å². The maximum atomic E-state index is 14.3. The molecule has 1 aliphatic rings. The number of benzene rings is 1. The third-order valence-corrected chi connectivity index (χ3v) is 4.78. The smallest absolute Gasteiger partial charge is 0.338 e. The highest BCUT2D eigenvalue weighted by Crippen LogP contribution is 2.34. The topological polar surface area (TPSA) is 63.6 Å². The van der Waals surface area contributed by atoms with Crippen molar-refractivity contribution in [3.8, 4) is 0 Å². The van der Waals surface area contributed by atoms with Crippen LogP contribution >= 0.6 is 15.9 Å². The number of aryl methyl sites for hydroxylation is 1. The summed E-state index contributed by atoms with van der Waals surface area (Å²) in [7, 11) is 1.23. The highest BCUT2D eigenvalue weighted by molar-refractivity contribution is 9.09. The molecule has 0 spiro atoms. The predicted molar refractivity (Wildman–Crippen MR) is 101 cm³/mol. The van der Waals surface area contributed by atoms with Crippen molar-refractivity contribution in [3.05, 3.63) is 76.0 Å². The Bertz CT molecular complexity index is 1010. The maximum absolute atomic E-state index is 14.3. The van der Waals surface area contributed by atoms with Gasteiger partial charge in [-0.15, -0.1) is 0 Å². The summed E-state index contributed by atoms with van der Waals surface area (Å²) >= 11 is 3.29. The summed E-state index contributed by atoms with van der Waals surface area (Å²) in [6.07, 6.45) is 0.869. The number of hydrogen-bond acceptors (Lipinski definition) is 5. The summed E-state index contributed by atoms with van der Waals surface area (Å²) in [5.74, 6) is -2.78. The van der Waals surface area contributed by atoms with Gasteiger partial charge in [-0.3, -0.25) is 4.99 Å². The van der Waals surface area contributed by atoms with Crippen LogP contribution in [-0.4, -0.2) is 29.2 Å². The highest BCUT2D eigenvalue weighted by atomic mass is 79.9. The van der Waals surface area contributed by atoms with E-state index >= 15 is 0 Å². The van der Waals surface area contributed by atoms with Gasteiger partial charge in [0.1, 0.15) is 23.4 Å². The summed E-state index contributed by atoms with van der Waals surface area (Å²) in [4.78, 5) is 20.6. The number of nitrogens with one attached hydrogen (secondary N) is 1. The molecule has 28 heavy (non-hydrogen) atoms. The van der Waals surface area contributed by atoms with Gasteiger partial charge in [-0.2, -0.15) is 0 Å². The number of hydrogen-bond donors (Lipinski definition) is 1. The first-order chi connectivity index (χ1) is 13.3. The van der Waals surface area contributed by atoms with Crippen molar-refractivity contribution in [1.82, 2.24) is 10.3 Å². The molecule has 0 amide bonds. The summed E-state index contributed by atoms with van der Waals surface area (Å²) in [6, 6.07) is 3.87. The van der Waals surface area contributed by atoms with Crippen molar-refractivity contribution >= 4 is 27.7 Å². The van der Waals surface area contributed by atoms with E-state index in [1.165, 1.54) is 25.3 Å². The van der Waals surface area contributed by atoms with Gasteiger partial charge in [-0.25, -0.2) is 22.9 Å². The van der Waals surface area contributed by atoms with Crippen LogP contribution in [0.3, 0.4) is 0 Å². The van der Waals surface area contributed by atoms with Gasteiger partial charge in [0.05, 0.1) is 18.9 Å². The van der Waals surface area contributed by atoms with E-state index in [1.807, 2.05) is 0 Å². The predicted octanol–water partition coefficient (Wildman–Crippen LogP) is 3.72. The zero-order valence-corrected chi connectivity index (χ0v) is 16.5. The molecular formula is C19H15BrF3N3O2. The average molecular weight is 454 g/mol. The average Bonchev–Trinajstić information content (AvgIpc) is 2.66. The van der Waals surface area contributed by atoms with E-state index in [0.29, 0.717) is 22.9 Å². The molecule has 0 radical (unpaired) electrons. The van der Waals surface area contributed by atoms with E-state index in [9.17, 15) is 18.0 Å². The Hall–Kier alpha value is -2.68. The summed E-state index contributed by atoms with van der Waals surface area (Å²) in [5, 5.41) is 3.06. The fourth-order valence-electron chi connectivity index (χ4n) is 2.93. The van der Waals surface area contributed by atoms with Gasteiger partial charge >= 0.3 is 5.97 Å². The Labute approximate surface area is 167 Å². The van der Waals surface area contributed by atoms with Gasteiger partial charge in [-0.05, 0) is 30.2 Å². The molecule has 0 saturated heterocycles. The van der Waals surface area contributed by atoms with Crippen LogP contribution in [0.15, 0.2) is 46.7 Å². The molecule has 9 heteroatoms. The van der Waals surface area contributed by atoms with E-state index in [2.05, 4.69) is 31.2 Å². The molecule has 1 aliphatic heterocycles. The third-order valence-electron chi connectivity index (χ3n) is 4.22. The Balaban J connectivity index is 2.20. The number of esters is 1. The number of aliphatic imine (C=N–C) groups is 1. The van der Waals surface area contributed by atoms with Crippen LogP contribution in [0.1, 0.15) is 22.9 Å². The van der Waals surface area contributed by atoms with E-state index in [0.717, 1.165) is 6.20 Å². The number of aromatic nitrogens is 1. The second kappa shape index (κ2) is 8.14. The summed E-state index contributed by atoms with van der Waals surface area (Å²) in [5.41, 5.74) is 1.48. The van der Waals surface area contributed by atoms with Gasteiger partial charge in [0, 0.05) is 17.1 Å². The number of rotatable bonds is 4. The number of allylic oxidation sites excluding steroid dienone is 1. The van der Waals surface area contributed by atoms with Crippen molar-refractivity contribution in [2.75, 3.05) is 12.4 Å². The normalized spacial score (nSPS) is 16.5. The Morgan fingerprint density at radius 3 is 2.61 bits per heavy atom. The van der Waals surface area contributed by atoms with Crippen LogP contribution in [0.2, 0.25) is 0 Å². The van der Waals surface area contributed by atoms with Crippen molar-refractivity contribution in [2.24, 2.45) is 4.99 Å². The number of methoxy groups -OCH3 is 1. The van der Waals surface area contributed by atoms with Gasteiger partial charge in [-0.1, -0.05) is 22.0 Å². The molecule has 1 N–H and O–H groups in total. The number of amidine groups is 1. The van der Waals surface area contributed by atoms with Crippen molar-refractivity contribution in [2.45, 2.75) is 13.0 Å². The van der Waals surface area contributed by atoms with Gasteiger partial charge in [0.15, 0.2) is 11.7 Å². The van der Waals surface area contributed by atoms with Crippen molar-refractivity contribution in [1.29, 1.82) is 0 Å². The number of halogens is 4. The first-order valence-corrected chi connectivity index (χ1v) is 9.27. The van der Waals surface area contributed by atoms with Crippen LogP contribution in [0.4, 0.5) is 13.2 Å². The van der Waals surface area contributed by atoms with E-state index in [4.69, 9.17) is 4.74 Å². The highest BCUT2D eigenvalue weighted by Gasteiger charge is 2.33. The molecule has 2 heterocycles. The Morgan fingerprint density at radius 1 is 1.25 bits per heavy atom. The van der Waals surface area contributed by atoms with Gasteiger partial charge in [0.25, 0.3) is 0 Å². The summed E-state index contributed by atoms with van der Waals surface area (Å²) < 4.78 is 45.9. The first kappa shape index (κ1) is 20.1. The molecule has 0 saturated carbocycles. The third kappa shape index (κ3) is 3.80. The quantitative estimate of drug-likeness (QED) is 0.565. The lowest BCUT2D eigenvalue weighted by Crippen LogP contribution is -2.35. The van der Waals surface area contributed by atoms with Gasteiger partial charge in [0.2, 0.25) is 0 Å². The molecule has 146 valence electrons. The maximum Gasteiger partial charge on any atom is 0.338 e. The molecule has 0 bridgehead atoms. The Morgan fingerprint density at radius 2 is 2.00 bits per heavy atom. The lowest BCUT2D eigenvalue weighted by Gasteiger charge is -2.27. The van der Waals surface area contributed by atoms with Crippen LogP contribution in [0, 0.1) is 24.4 Å². The lowest BCUT2D eigenvalue weighted by atomic mass is 9.92. The molecule has 1 atom stereocenters. The zero-order valence-electron chi connectivity index (χ0n) is 14.9. The van der Waals surface area contributed by atoms with Crippen LogP contribution in [-0.2, 0) is 9.53 Å². The number of carbonyl (C=O) groups is 1. The number of alkyl halides is 1. The minimum absolute atomic E-state index is 0.0216. The fourth-order valence-corrected chi connectivity index (χ4v) is 3.37. The second-order valence-corrected chi connectivity index (χ2v) is 6.57. The van der Waals surface area contributed by atoms with E-state index < -0.39 is 29.5 Å². The fraction of sp³-hybridized carbons (Fsp3) is 0.211. The minimum atomic E-state index is -0.906. The molecule has 2 aromatic rings. The summed E-state index contributed by atoms with van der Waals surface area (Å²) in [6.45, 7) is 1.68. The van der Waals surface area contributed by atoms with Crippen molar-refractivity contribution in [3.63, 3.8) is 0 Å². The van der Waals surface area contributed by atoms with Crippen molar-refractivity contribution < 1.29 is 22.7 Å². The zero-order chi connectivity index (χ0) is 20.4. The van der Waals surface area contributed by atoms with Crippen LogP contribution in [0.25, 0.3) is 0 Å². The molecule has 5 nitrogen and oxygen atoms in total. The molecule has 0 fully saturated rings. The number of ether oxygens (including phenoxy) is 1. The van der Waals surface area contributed by atoms with Gasteiger partial charge < -0.3 is 10.1 Å². The Kier molecular flexibility index (Phi) is 5.83. The minimum Gasteiger partial charge on any atom is -0.466 e. The standard InChI is InChI=1S/C19H15BrF3N3O2/c1-9-5-10(21)3-4-12(9)16-15(19(27)28-2)14(7-20)25-18(26-16)17-13(23)6-11(22)8-24-17/h3-6,8,16H,7H2,1-2H3,(H,25,26). The molecule has 1 aromatic carbocycles. The SMILES string of the molecule is COC(=O)C1=C(CBr)NC(c2ncc(F)cc2F)=NC1c1ccc(F)cc1C. The number of nitrogens with zero attached hydrogens (tertiary/aromatic N) is 2. The van der Waals surface area contributed by atoms with Crippen LogP contribution in [0.5, 0.6) is 0 Å². The molecule has 3 rings (SSSR count). The van der Waals surface area contributed by atoms with Crippen LogP contribution < -0.4 is 5.32 Å².